The van der Waals surface area contributed by atoms with Gasteiger partial charge in [-0.1, -0.05) is 6.07 Å². The van der Waals surface area contributed by atoms with Crippen LogP contribution in [0.2, 0.25) is 0 Å². The number of hydrogen-bond donors (Lipinski definition) is 1. The Morgan fingerprint density at radius 2 is 2.25 bits per heavy atom. The minimum Gasteiger partial charge on any atom is -0.493 e. The largest absolute Gasteiger partial charge is 0.493 e. The van der Waals surface area contributed by atoms with Crippen molar-refractivity contribution in [3.63, 3.8) is 0 Å². The first kappa shape index (κ1) is 14.1. The molecule has 2 aliphatic rings. The molecule has 1 aromatic rings. The molecule has 2 unspecified atom stereocenters. The second-order valence-electron chi connectivity index (χ2n) is 5.83. The standard InChI is InChI=1S/C16H23NO2S/c1-16(7-3-8-17-16)12-4-5-14(18-2)15(10-12)19-13-6-9-20-11-13/h4-5,10,13,17H,3,6-9,11H2,1-2H3. The quantitative estimate of drug-likeness (QED) is 0.923. The summed E-state index contributed by atoms with van der Waals surface area (Å²) in [6.45, 7) is 3.37. The third kappa shape index (κ3) is 2.77. The average Bonchev–Trinajstić information content (AvgIpc) is 3.11. The lowest BCUT2D eigenvalue weighted by atomic mass is 9.90. The highest BCUT2D eigenvalue weighted by Gasteiger charge is 2.31. The molecule has 0 aliphatic carbocycles. The summed E-state index contributed by atoms with van der Waals surface area (Å²) < 4.78 is 11.6. The number of benzene rings is 1. The van der Waals surface area contributed by atoms with E-state index < -0.39 is 0 Å². The molecule has 2 aliphatic heterocycles. The molecule has 20 heavy (non-hydrogen) atoms. The summed E-state index contributed by atoms with van der Waals surface area (Å²) in [6.07, 6.45) is 3.87. The van der Waals surface area contributed by atoms with Gasteiger partial charge in [-0.05, 0) is 56.2 Å². The summed E-state index contributed by atoms with van der Waals surface area (Å²) in [5, 5.41) is 3.61. The lowest BCUT2D eigenvalue weighted by Gasteiger charge is -2.26. The first-order valence-corrected chi connectivity index (χ1v) is 8.55. The molecule has 0 radical (unpaired) electrons. The molecule has 0 bridgehead atoms. The summed E-state index contributed by atoms with van der Waals surface area (Å²) in [6, 6.07) is 6.37. The molecule has 3 nitrogen and oxygen atoms in total. The van der Waals surface area contributed by atoms with E-state index in [1.807, 2.05) is 17.8 Å². The molecule has 2 fully saturated rings. The van der Waals surface area contributed by atoms with Crippen LogP contribution in [0, 0.1) is 0 Å². The Bertz CT molecular complexity index is 466. The van der Waals surface area contributed by atoms with Crippen LogP contribution in [0.15, 0.2) is 18.2 Å². The fourth-order valence-corrected chi connectivity index (χ4v) is 4.13. The third-order valence-electron chi connectivity index (χ3n) is 4.35. The zero-order valence-corrected chi connectivity index (χ0v) is 13.1. The fourth-order valence-electron chi connectivity index (χ4n) is 3.04. The Morgan fingerprint density at radius 3 is 2.90 bits per heavy atom. The highest BCUT2D eigenvalue weighted by atomic mass is 32.2. The van der Waals surface area contributed by atoms with Crippen LogP contribution in [-0.4, -0.2) is 31.3 Å². The molecule has 1 N–H and O–H groups in total. The summed E-state index contributed by atoms with van der Waals surface area (Å²) in [5.74, 6) is 4.02. The highest BCUT2D eigenvalue weighted by molar-refractivity contribution is 7.99. The number of nitrogens with one attached hydrogen (secondary N) is 1. The molecule has 4 heteroatoms. The average molecular weight is 293 g/mol. The number of ether oxygens (including phenoxy) is 2. The van der Waals surface area contributed by atoms with Crippen molar-refractivity contribution in [2.24, 2.45) is 0 Å². The molecule has 110 valence electrons. The SMILES string of the molecule is COc1ccc(C2(C)CCCN2)cc1OC1CCSC1. The fraction of sp³-hybridized carbons (Fsp3) is 0.625. The zero-order valence-electron chi connectivity index (χ0n) is 12.3. The minimum absolute atomic E-state index is 0.0782. The van der Waals surface area contributed by atoms with Gasteiger partial charge >= 0.3 is 0 Å². The van der Waals surface area contributed by atoms with Crippen LogP contribution in [0.4, 0.5) is 0 Å². The predicted molar refractivity (Wildman–Crippen MR) is 83.9 cm³/mol. The maximum Gasteiger partial charge on any atom is 0.161 e. The Morgan fingerprint density at radius 1 is 1.35 bits per heavy atom. The van der Waals surface area contributed by atoms with Gasteiger partial charge in [0, 0.05) is 11.3 Å². The van der Waals surface area contributed by atoms with Gasteiger partial charge in [0.15, 0.2) is 11.5 Å². The Kier molecular flexibility index (Phi) is 4.13. The second kappa shape index (κ2) is 5.86. The van der Waals surface area contributed by atoms with E-state index in [2.05, 4.69) is 24.4 Å². The number of thioether (sulfide) groups is 1. The van der Waals surface area contributed by atoms with Crippen molar-refractivity contribution in [1.29, 1.82) is 0 Å². The van der Waals surface area contributed by atoms with Crippen LogP contribution in [0.3, 0.4) is 0 Å². The van der Waals surface area contributed by atoms with Crippen LogP contribution in [0.25, 0.3) is 0 Å². The van der Waals surface area contributed by atoms with Gasteiger partial charge in [0.05, 0.1) is 7.11 Å². The number of rotatable bonds is 4. The van der Waals surface area contributed by atoms with Gasteiger partial charge in [0.2, 0.25) is 0 Å². The first-order chi connectivity index (χ1) is 9.71. The van der Waals surface area contributed by atoms with Gasteiger partial charge in [-0.25, -0.2) is 0 Å². The van der Waals surface area contributed by atoms with Gasteiger partial charge in [0.1, 0.15) is 6.10 Å². The second-order valence-corrected chi connectivity index (χ2v) is 6.98. The van der Waals surface area contributed by atoms with E-state index in [-0.39, 0.29) is 5.54 Å². The van der Waals surface area contributed by atoms with E-state index in [1.165, 1.54) is 24.2 Å². The van der Waals surface area contributed by atoms with Crippen LogP contribution < -0.4 is 14.8 Å². The van der Waals surface area contributed by atoms with Crippen molar-refractivity contribution in [3.8, 4) is 11.5 Å². The van der Waals surface area contributed by atoms with Gasteiger partial charge in [-0.3, -0.25) is 0 Å². The molecule has 1 aromatic carbocycles. The Hall–Kier alpha value is -0.870. The van der Waals surface area contributed by atoms with Crippen LogP contribution in [0.5, 0.6) is 11.5 Å². The summed E-state index contributed by atoms with van der Waals surface area (Å²) in [5.41, 5.74) is 1.38. The van der Waals surface area contributed by atoms with Crippen LogP contribution in [-0.2, 0) is 5.54 Å². The van der Waals surface area contributed by atoms with E-state index in [4.69, 9.17) is 9.47 Å². The molecule has 2 saturated heterocycles. The number of hydrogen-bond acceptors (Lipinski definition) is 4. The maximum atomic E-state index is 6.17. The van der Waals surface area contributed by atoms with Crippen molar-refractivity contribution in [1.82, 2.24) is 5.32 Å². The van der Waals surface area contributed by atoms with Gasteiger partial charge in [-0.15, -0.1) is 0 Å². The molecule has 0 spiro atoms. The molecular weight excluding hydrogens is 270 g/mol. The molecule has 0 amide bonds. The summed E-state index contributed by atoms with van der Waals surface area (Å²) in [4.78, 5) is 0. The maximum absolute atomic E-state index is 6.17. The van der Waals surface area contributed by atoms with E-state index >= 15 is 0 Å². The molecule has 2 heterocycles. The summed E-state index contributed by atoms with van der Waals surface area (Å²) in [7, 11) is 1.71. The van der Waals surface area contributed by atoms with Crippen LogP contribution in [0.1, 0.15) is 31.7 Å². The van der Waals surface area contributed by atoms with Crippen molar-refractivity contribution in [2.75, 3.05) is 25.2 Å². The predicted octanol–water partition coefficient (Wildman–Crippen LogP) is 3.18. The first-order valence-electron chi connectivity index (χ1n) is 7.39. The Labute approximate surface area is 125 Å². The lowest BCUT2D eigenvalue weighted by Crippen LogP contribution is -2.33. The van der Waals surface area contributed by atoms with E-state index in [0.29, 0.717) is 6.10 Å². The van der Waals surface area contributed by atoms with Gasteiger partial charge in [0.25, 0.3) is 0 Å². The van der Waals surface area contributed by atoms with Crippen molar-refractivity contribution < 1.29 is 9.47 Å². The van der Waals surface area contributed by atoms with Gasteiger partial charge in [-0.2, -0.15) is 11.8 Å². The van der Waals surface area contributed by atoms with E-state index in [0.717, 1.165) is 30.2 Å². The highest BCUT2D eigenvalue weighted by Crippen LogP contribution is 2.37. The smallest absolute Gasteiger partial charge is 0.161 e. The van der Waals surface area contributed by atoms with E-state index in [1.54, 1.807) is 7.11 Å². The van der Waals surface area contributed by atoms with E-state index in [9.17, 15) is 0 Å². The monoisotopic (exact) mass is 293 g/mol. The zero-order chi connectivity index (χ0) is 14.0. The van der Waals surface area contributed by atoms with Crippen LogP contribution >= 0.6 is 11.8 Å². The topological polar surface area (TPSA) is 30.5 Å². The normalized spacial score (nSPS) is 29.6. The van der Waals surface area contributed by atoms with Crippen molar-refractivity contribution >= 4 is 11.8 Å². The Balaban J connectivity index is 1.85. The van der Waals surface area contributed by atoms with Crippen molar-refractivity contribution in [2.45, 2.75) is 37.8 Å². The molecule has 0 aromatic heterocycles. The van der Waals surface area contributed by atoms with Gasteiger partial charge < -0.3 is 14.8 Å². The molecule has 2 atom stereocenters. The lowest BCUT2D eigenvalue weighted by molar-refractivity contribution is 0.217. The third-order valence-corrected chi connectivity index (χ3v) is 5.48. The van der Waals surface area contributed by atoms with Crippen molar-refractivity contribution in [3.05, 3.63) is 23.8 Å². The minimum atomic E-state index is 0.0782. The molecule has 3 rings (SSSR count). The number of methoxy groups -OCH3 is 1. The molecule has 0 saturated carbocycles. The summed E-state index contributed by atoms with van der Waals surface area (Å²) >= 11 is 1.97. The molecular formula is C16H23NO2S.